The topological polar surface area (TPSA) is 46.5 Å². The lowest BCUT2D eigenvalue weighted by Gasteiger charge is -2.17. The second-order valence-electron chi connectivity index (χ2n) is 10.0. The number of carbonyl (C=O) groups is 1. The minimum Gasteiger partial charge on any atom is -0.463 e. The van der Waals surface area contributed by atoms with Gasteiger partial charge in [0.15, 0.2) is 0 Å². The van der Waals surface area contributed by atoms with Crippen LogP contribution in [0.5, 0.6) is 0 Å². The predicted octanol–water partition coefficient (Wildman–Crippen LogP) is 9.15. The van der Waals surface area contributed by atoms with Crippen molar-refractivity contribution in [2.45, 2.75) is 168 Å². The molecular weight excluding hydrogens is 396 g/mol. The highest BCUT2D eigenvalue weighted by molar-refractivity contribution is 5.69. The molecule has 0 aromatic rings. The Kier molecular flexibility index (Phi) is 24.6. The van der Waals surface area contributed by atoms with Crippen molar-refractivity contribution >= 4 is 5.97 Å². The van der Waals surface area contributed by atoms with Gasteiger partial charge in [0, 0.05) is 6.42 Å². The maximum Gasteiger partial charge on any atom is 0.306 e. The summed E-state index contributed by atoms with van der Waals surface area (Å²) in [5.41, 5.74) is 0. The van der Waals surface area contributed by atoms with E-state index in [-0.39, 0.29) is 12.6 Å². The maximum atomic E-state index is 12.3. The Morgan fingerprint density at radius 3 is 1.38 bits per heavy atom. The minimum absolute atomic E-state index is 0.117. The third-order valence-corrected chi connectivity index (χ3v) is 6.80. The molecule has 1 N–H and O–H groups in total. The molecule has 0 aliphatic heterocycles. The molecule has 0 saturated carbocycles. The van der Waals surface area contributed by atoms with Crippen LogP contribution in [0.4, 0.5) is 0 Å². The summed E-state index contributed by atoms with van der Waals surface area (Å²) in [7, 11) is 0. The third-order valence-electron chi connectivity index (χ3n) is 6.80. The van der Waals surface area contributed by atoms with E-state index < -0.39 is 6.10 Å². The van der Waals surface area contributed by atoms with Crippen molar-refractivity contribution in [2.75, 3.05) is 6.61 Å². The van der Waals surface area contributed by atoms with Crippen molar-refractivity contribution in [1.29, 1.82) is 0 Å². The fraction of sp³-hybridized carbons (Fsp3) is 0.966. The van der Waals surface area contributed by atoms with E-state index >= 15 is 0 Å². The van der Waals surface area contributed by atoms with E-state index in [0.717, 1.165) is 12.8 Å². The zero-order valence-electron chi connectivity index (χ0n) is 22.2. The highest BCUT2D eigenvalue weighted by atomic mass is 16.5. The number of aliphatic hydroxyl groups is 1. The average Bonchev–Trinajstić information content (AvgIpc) is 2.80. The zero-order chi connectivity index (χ0) is 23.7. The second kappa shape index (κ2) is 25.1. The van der Waals surface area contributed by atoms with Crippen molar-refractivity contribution < 1.29 is 14.6 Å². The number of unbranched alkanes of at least 4 members (excludes halogenated alkanes) is 16. The summed E-state index contributed by atoms with van der Waals surface area (Å²) >= 11 is 0. The number of esters is 1. The Morgan fingerprint density at radius 1 is 0.625 bits per heavy atom. The van der Waals surface area contributed by atoms with Gasteiger partial charge in [-0.15, -0.1) is 0 Å². The number of hydrogen-bond acceptors (Lipinski definition) is 3. The highest BCUT2D eigenvalue weighted by Gasteiger charge is 2.16. The fourth-order valence-electron chi connectivity index (χ4n) is 4.44. The molecule has 0 heterocycles. The van der Waals surface area contributed by atoms with Crippen molar-refractivity contribution in [3.8, 4) is 0 Å². The highest BCUT2D eigenvalue weighted by Crippen LogP contribution is 2.23. The largest absolute Gasteiger partial charge is 0.463 e. The van der Waals surface area contributed by atoms with Gasteiger partial charge < -0.3 is 9.84 Å². The second-order valence-corrected chi connectivity index (χ2v) is 10.0. The molecule has 0 radical (unpaired) electrons. The molecule has 192 valence electrons. The molecule has 3 heteroatoms. The van der Waals surface area contributed by atoms with Crippen molar-refractivity contribution in [2.24, 2.45) is 5.92 Å². The number of aliphatic hydroxyl groups excluding tert-OH is 1. The fourth-order valence-corrected chi connectivity index (χ4v) is 4.44. The van der Waals surface area contributed by atoms with Crippen LogP contribution < -0.4 is 0 Å². The van der Waals surface area contributed by atoms with Crippen LogP contribution in [0.25, 0.3) is 0 Å². The van der Waals surface area contributed by atoms with Crippen LogP contribution in [0.3, 0.4) is 0 Å². The summed E-state index contributed by atoms with van der Waals surface area (Å²) in [6.07, 6.45) is 27.2. The third kappa shape index (κ3) is 22.6. The molecule has 0 amide bonds. The smallest absolute Gasteiger partial charge is 0.306 e. The molecule has 0 aliphatic rings. The Balaban J connectivity index is 4.01. The van der Waals surface area contributed by atoms with Gasteiger partial charge in [-0.3, -0.25) is 4.79 Å². The van der Waals surface area contributed by atoms with Crippen molar-refractivity contribution in [3.63, 3.8) is 0 Å². The quantitative estimate of drug-likeness (QED) is 0.110. The van der Waals surface area contributed by atoms with E-state index in [4.69, 9.17) is 4.74 Å². The molecule has 2 unspecified atom stereocenters. The summed E-state index contributed by atoms with van der Waals surface area (Å²) in [6.45, 7) is 6.60. The van der Waals surface area contributed by atoms with Gasteiger partial charge >= 0.3 is 5.97 Å². The number of rotatable bonds is 25. The van der Waals surface area contributed by atoms with Gasteiger partial charge in [-0.2, -0.15) is 0 Å². The van der Waals surface area contributed by atoms with E-state index in [1.807, 2.05) is 6.92 Å². The van der Waals surface area contributed by atoms with Gasteiger partial charge in [-0.05, 0) is 25.2 Å². The predicted molar refractivity (Wildman–Crippen MR) is 139 cm³/mol. The van der Waals surface area contributed by atoms with Gasteiger partial charge in [-0.1, -0.05) is 136 Å². The van der Waals surface area contributed by atoms with Gasteiger partial charge in [0.25, 0.3) is 0 Å². The van der Waals surface area contributed by atoms with Gasteiger partial charge in [-0.25, -0.2) is 0 Å². The number of hydrogen-bond donors (Lipinski definition) is 1. The van der Waals surface area contributed by atoms with Crippen molar-refractivity contribution in [1.82, 2.24) is 0 Å². The van der Waals surface area contributed by atoms with E-state index in [0.29, 0.717) is 18.8 Å². The summed E-state index contributed by atoms with van der Waals surface area (Å²) in [5.74, 6) is 0.338. The molecular formula is C29H58O3. The van der Waals surface area contributed by atoms with Crippen LogP contribution in [0, 0.1) is 5.92 Å². The Labute approximate surface area is 201 Å². The Morgan fingerprint density at radius 2 is 1.00 bits per heavy atom. The summed E-state index contributed by atoms with van der Waals surface area (Å²) < 4.78 is 5.32. The first-order chi connectivity index (χ1) is 15.6. The van der Waals surface area contributed by atoms with E-state index in [2.05, 4.69) is 13.8 Å². The van der Waals surface area contributed by atoms with Crippen molar-refractivity contribution in [3.05, 3.63) is 0 Å². The molecule has 0 bridgehead atoms. The molecule has 0 spiro atoms. The monoisotopic (exact) mass is 454 g/mol. The molecule has 0 saturated heterocycles. The Hall–Kier alpha value is -0.570. The number of ether oxygens (including phenoxy) is 1. The molecule has 0 fully saturated rings. The molecule has 0 aromatic heterocycles. The summed E-state index contributed by atoms with van der Waals surface area (Å²) in [4.78, 5) is 12.3. The summed E-state index contributed by atoms with van der Waals surface area (Å²) in [6, 6.07) is 0. The lowest BCUT2D eigenvalue weighted by molar-refractivity contribution is -0.147. The van der Waals surface area contributed by atoms with Crippen LogP contribution in [0.1, 0.15) is 162 Å². The van der Waals surface area contributed by atoms with Crippen LogP contribution in [-0.4, -0.2) is 23.8 Å². The van der Waals surface area contributed by atoms with Crippen LogP contribution >= 0.6 is 0 Å². The lowest BCUT2D eigenvalue weighted by atomic mass is 9.91. The average molecular weight is 455 g/mol. The molecule has 2 atom stereocenters. The molecule has 0 rings (SSSR count). The summed E-state index contributed by atoms with van der Waals surface area (Å²) in [5, 5.41) is 9.65. The first-order valence-corrected chi connectivity index (χ1v) is 14.5. The zero-order valence-corrected chi connectivity index (χ0v) is 22.2. The van der Waals surface area contributed by atoms with Crippen LogP contribution in [0.15, 0.2) is 0 Å². The molecule has 3 nitrogen and oxygen atoms in total. The van der Waals surface area contributed by atoms with Crippen LogP contribution in [-0.2, 0) is 9.53 Å². The van der Waals surface area contributed by atoms with E-state index in [1.165, 1.54) is 116 Å². The van der Waals surface area contributed by atoms with E-state index in [9.17, 15) is 9.90 Å². The molecule has 32 heavy (non-hydrogen) atoms. The first-order valence-electron chi connectivity index (χ1n) is 14.5. The van der Waals surface area contributed by atoms with Gasteiger partial charge in [0.1, 0.15) is 6.61 Å². The van der Waals surface area contributed by atoms with Gasteiger partial charge in [0.05, 0.1) is 6.10 Å². The van der Waals surface area contributed by atoms with Gasteiger partial charge in [0.2, 0.25) is 0 Å². The molecule has 0 aliphatic carbocycles. The molecule has 0 aromatic carbocycles. The van der Waals surface area contributed by atoms with Crippen LogP contribution in [0.2, 0.25) is 0 Å². The standard InChI is InChI=1S/C29H58O3/c1-4-7-9-11-13-15-16-18-20-22-24-27(25-29(31)32-26-28(30)6-3)23-21-19-17-14-12-10-8-5-2/h27-28,30H,4-26H2,1-3H3. The SMILES string of the molecule is CCCCCCCCCCCCC(CCCCCCCCCC)CC(=O)OCC(O)CC. The lowest BCUT2D eigenvalue weighted by Crippen LogP contribution is -2.19. The Bertz CT molecular complexity index is 383. The van der Waals surface area contributed by atoms with E-state index in [1.54, 1.807) is 0 Å². The first kappa shape index (κ1) is 31.4. The normalized spacial score (nSPS) is 13.2. The minimum atomic E-state index is -0.521. The number of carbonyl (C=O) groups excluding carboxylic acids is 1. The maximum absolute atomic E-state index is 12.3.